The van der Waals surface area contributed by atoms with Gasteiger partial charge in [0.25, 0.3) is 0 Å². The molecule has 0 aromatic rings. The van der Waals surface area contributed by atoms with Crippen LogP contribution in [-0.4, -0.2) is 45.7 Å². The Morgan fingerprint density at radius 2 is 0.833 bits per heavy atom. The fraction of sp³-hybridized carbons (Fsp3) is 0.892. The summed E-state index contributed by atoms with van der Waals surface area (Å²) in [5.41, 5.74) is 0. The maximum Gasteiger partial charge on any atom is 0.164 e. The number of aliphatic hydroxyl groups is 3. The average Bonchev–Trinajstić information content (AvgIpc) is 2.99. The molecule has 0 bridgehead atoms. The lowest BCUT2D eigenvalue weighted by atomic mass is 10.0. The number of ketones is 2. The lowest BCUT2D eigenvalue weighted by Crippen LogP contribution is -2.36. The maximum absolute atomic E-state index is 12.1. The average molecular weight is 595 g/mol. The number of allylic oxidation sites excluding steroid dienone is 2. The van der Waals surface area contributed by atoms with E-state index in [4.69, 9.17) is 5.11 Å². The second-order valence-corrected chi connectivity index (χ2v) is 12.6. The molecule has 0 aromatic heterocycles. The Bertz CT molecular complexity index is 617. The summed E-state index contributed by atoms with van der Waals surface area (Å²) in [6.45, 7) is 1.68. The fourth-order valence-corrected chi connectivity index (χ4v) is 5.55. The van der Waals surface area contributed by atoms with Gasteiger partial charge in [-0.3, -0.25) is 9.59 Å². The van der Waals surface area contributed by atoms with Gasteiger partial charge in [0, 0.05) is 19.3 Å². The molecule has 3 N–H and O–H groups in total. The van der Waals surface area contributed by atoms with E-state index in [-0.39, 0.29) is 12.2 Å². The first-order valence-electron chi connectivity index (χ1n) is 18.2. The highest BCUT2D eigenvalue weighted by molar-refractivity contribution is 5.83. The quantitative estimate of drug-likeness (QED) is 0.0509. The van der Waals surface area contributed by atoms with Crippen molar-refractivity contribution >= 4 is 11.6 Å². The van der Waals surface area contributed by atoms with Crippen LogP contribution in [-0.2, 0) is 9.59 Å². The maximum atomic E-state index is 12.1. The van der Waals surface area contributed by atoms with Crippen LogP contribution in [0.5, 0.6) is 0 Å². The number of aliphatic hydroxyl groups excluding tert-OH is 3. The monoisotopic (exact) mass is 595 g/mol. The summed E-state index contributed by atoms with van der Waals surface area (Å²) in [6, 6.07) is 0. The van der Waals surface area contributed by atoms with Crippen molar-refractivity contribution in [2.45, 2.75) is 205 Å². The summed E-state index contributed by atoms with van der Waals surface area (Å²) in [4.78, 5) is 23.8. The SMILES string of the molecule is CCCCCCCCCCCCCCCC(=O)CCCCCCCC/C=C\CCCCCCCC(=O)C(O)C(O)CO. The molecule has 0 radical (unpaired) electrons. The van der Waals surface area contributed by atoms with Gasteiger partial charge in [-0.2, -0.15) is 0 Å². The molecule has 5 heteroatoms. The number of hydrogen-bond acceptors (Lipinski definition) is 5. The van der Waals surface area contributed by atoms with E-state index in [1.165, 1.54) is 109 Å². The van der Waals surface area contributed by atoms with Crippen molar-refractivity contribution in [3.8, 4) is 0 Å². The highest BCUT2D eigenvalue weighted by atomic mass is 16.4. The molecule has 2 atom stereocenters. The molecular weight excluding hydrogens is 524 g/mol. The summed E-state index contributed by atoms with van der Waals surface area (Å²) >= 11 is 0. The minimum Gasteiger partial charge on any atom is -0.394 e. The number of Topliss-reactive ketones (excluding diaryl/α,β-unsaturated/α-hetero) is 2. The van der Waals surface area contributed by atoms with Crippen molar-refractivity contribution in [3.05, 3.63) is 12.2 Å². The van der Waals surface area contributed by atoms with Crippen LogP contribution in [0.25, 0.3) is 0 Å². The van der Waals surface area contributed by atoms with Crippen LogP contribution in [0.3, 0.4) is 0 Å². The second-order valence-electron chi connectivity index (χ2n) is 12.6. The molecule has 42 heavy (non-hydrogen) atoms. The largest absolute Gasteiger partial charge is 0.394 e. The third-order valence-electron chi connectivity index (χ3n) is 8.48. The summed E-state index contributed by atoms with van der Waals surface area (Å²) in [5, 5.41) is 27.6. The molecule has 0 amide bonds. The first-order valence-corrected chi connectivity index (χ1v) is 18.2. The first kappa shape index (κ1) is 41.0. The van der Waals surface area contributed by atoms with Crippen LogP contribution in [0.1, 0.15) is 193 Å². The molecule has 0 heterocycles. The zero-order valence-electron chi connectivity index (χ0n) is 27.7. The van der Waals surface area contributed by atoms with Gasteiger partial charge < -0.3 is 15.3 Å². The van der Waals surface area contributed by atoms with Gasteiger partial charge in [-0.25, -0.2) is 0 Å². The summed E-state index contributed by atoms with van der Waals surface area (Å²) in [7, 11) is 0. The van der Waals surface area contributed by atoms with Crippen molar-refractivity contribution in [1.82, 2.24) is 0 Å². The Balaban J connectivity index is 3.30. The smallest absolute Gasteiger partial charge is 0.164 e. The Morgan fingerprint density at radius 1 is 0.500 bits per heavy atom. The van der Waals surface area contributed by atoms with Gasteiger partial charge in [0.2, 0.25) is 0 Å². The molecular formula is C37H70O5. The number of hydrogen-bond donors (Lipinski definition) is 3. The van der Waals surface area contributed by atoms with Crippen LogP contribution in [0.4, 0.5) is 0 Å². The lowest BCUT2D eigenvalue weighted by Gasteiger charge is -2.13. The van der Waals surface area contributed by atoms with Gasteiger partial charge in [-0.15, -0.1) is 0 Å². The topological polar surface area (TPSA) is 94.8 Å². The van der Waals surface area contributed by atoms with Gasteiger partial charge >= 0.3 is 0 Å². The Morgan fingerprint density at radius 3 is 1.21 bits per heavy atom. The van der Waals surface area contributed by atoms with E-state index >= 15 is 0 Å². The normalized spacial score (nSPS) is 13.1. The predicted molar refractivity (Wildman–Crippen MR) is 178 cm³/mol. The molecule has 2 unspecified atom stereocenters. The number of carbonyl (C=O) groups excluding carboxylic acids is 2. The van der Waals surface area contributed by atoms with Crippen LogP contribution in [0, 0.1) is 0 Å². The summed E-state index contributed by atoms with van der Waals surface area (Å²) < 4.78 is 0. The summed E-state index contributed by atoms with van der Waals surface area (Å²) in [5.74, 6) is 0.0955. The zero-order chi connectivity index (χ0) is 30.9. The molecule has 0 aliphatic heterocycles. The van der Waals surface area contributed by atoms with E-state index in [1.54, 1.807) is 0 Å². The van der Waals surface area contributed by atoms with E-state index in [9.17, 15) is 19.8 Å². The molecule has 0 aliphatic rings. The molecule has 0 rings (SSSR count). The number of unbranched alkanes of at least 4 members (excludes halogenated alkanes) is 23. The Hall–Kier alpha value is -1.04. The van der Waals surface area contributed by atoms with Gasteiger partial charge in [0.1, 0.15) is 18.0 Å². The molecule has 0 saturated heterocycles. The van der Waals surface area contributed by atoms with Crippen molar-refractivity contribution in [2.24, 2.45) is 0 Å². The molecule has 0 aromatic carbocycles. The number of carbonyl (C=O) groups is 2. The highest BCUT2D eigenvalue weighted by Crippen LogP contribution is 2.15. The number of rotatable bonds is 34. The molecule has 0 aliphatic carbocycles. The minimum atomic E-state index is -1.46. The van der Waals surface area contributed by atoms with Crippen LogP contribution >= 0.6 is 0 Å². The van der Waals surface area contributed by atoms with Gasteiger partial charge in [-0.1, -0.05) is 141 Å². The standard InChI is InChI=1S/C37H70O5/c1-2-3-4-5-6-7-8-12-15-18-21-24-27-30-34(39)31-28-25-22-19-16-13-10-9-11-14-17-20-23-26-29-32-35(40)37(42)36(41)33-38/h9,11,36-38,41-42H,2-8,10,12-33H2,1H3/b11-9-. The van der Waals surface area contributed by atoms with E-state index in [1.807, 2.05) is 0 Å². The van der Waals surface area contributed by atoms with Gasteiger partial charge in [-0.05, 0) is 44.9 Å². The van der Waals surface area contributed by atoms with E-state index in [0.29, 0.717) is 5.78 Å². The van der Waals surface area contributed by atoms with Crippen molar-refractivity contribution in [2.75, 3.05) is 6.61 Å². The van der Waals surface area contributed by atoms with Crippen LogP contribution < -0.4 is 0 Å². The van der Waals surface area contributed by atoms with Crippen molar-refractivity contribution in [3.63, 3.8) is 0 Å². The van der Waals surface area contributed by atoms with Crippen molar-refractivity contribution in [1.29, 1.82) is 0 Å². The summed E-state index contributed by atoms with van der Waals surface area (Å²) in [6.07, 6.45) is 35.8. The fourth-order valence-electron chi connectivity index (χ4n) is 5.55. The minimum absolute atomic E-state index is 0.260. The first-order chi connectivity index (χ1) is 20.5. The third kappa shape index (κ3) is 29.1. The van der Waals surface area contributed by atoms with Gasteiger partial charge in [0.05, 0.1) is 6.61 Å². The molecule has 0 saturated carbocycles. The second kappa shape index (κ2) is 32.9. The van der Waals surface area contributed by atoms with E-state index < -0.39 is 18.8 Å². The lowest BCUT2D eigenvalue weighted by molar-refractivity contribution is -0.134. The van der Waals surface area contributed by atoms with Crippen LogP contribution in [0.2, 0.25) is 0 Å². The van der Waals surface area contributed by atoms with Gasteiger partial charge in [0.15, 0.2) is 5.78 Å². The van der Waals surface area contributed by atoms with Crippen molar-refractivity contribution < 1.29 is 24.9 Å². The Labute approximate surface area is 260 Å². The predicted octanol–water partition coefficient (Wildman–Crippen LogP) is 9.73. The molecule has 0 fully saturated rings. The highest BCUT2D eigenvalue weighted by Gasteiger charge is 2.22. The molecule has 5 nitrogen and oxygen atoms in total. The molecule has 248 valence electrons. The van der Waals surface area contributed by atoms with E-state index in [0.717, 1.165) is 70.6 Å². The van der Waals surface area contributed by atoms with E-state index in [2.05, 4.69) is 19.1 Å². The zero-order valence-corrected chi connectivity index (χ0v) is 27.7. The Kier molecular flexibility index (Phi) is 32.1. The molecule has 0 spiro atoms. The third-order valence-corrected chi connectivity index (χ3v) is 8.48. The van der Waals surface area contributed by atoms with Crippen LogP contribution in [0.15, 0.2) is 12.2 Å².